The molecule has 9 atom stereocenters. The van der Waals surface area contributed by atoms with E-state index in [2.05, 4.69) is 51.0 Å². The number of benzene rings is 1. The number of carbonyl (C=O) groups is 4. The monoisotopic (exact) mass is 709 g/mol. The van der Waals surface area contributed by atoms with Gasteiger partial charge in [0.15, 0.2) is 5.78 Å². The Labute approximate surface area is 304 Å². The molecule has 50 heavy (non-hydrogen) atoms. The Morgan fingerprint density at radius 2 is 1.54 bits per heavy atom. The maximum absolute atomic E-state index is 14.6. The van der Waals surface area contributed by atoms with Gasteiger partial charge in [-0.3, -0.25) is 19.2 Å². The summed E-state index contributed by atoms with van der Waals surface area (Å²) >= 11 is 6.03. The molecule has 0 spiro atoms. The second kappa shape index (κ2) is 14.0. The number of amides is 2. The number of hydrogen-bond donors (Lipinski definition) is 3. The molecule has 0 heterocycles. The van der Waals surface area contributed by atoms with Crippen molar-refractivity contribution in [3.8, 4) is 0 Å². The first-order valence-corrected chi connectivity index (χ1v) is 19.2. The zero-order chi connectivity index (χ0) is 37.0. The third-order valence-electron chi connectivity index (χ3n) is 14.0. The van der Waals surface area contributed by atoms with Crippen LogP contribution in [0.25, 0.3) is 0 Å². The van der Waals surface area contributed by atoms with Gasteiger partial charge < -0.3 is 21.1 Å². The number of nitrogens with one attached hydrogen (secondary N) is 2. The van der Waals surface area contributed by atoms with Crippen LogP contribution in [0.1, 0.15) is 113 Å². The number of ketones is 1. The normalized spacial score (nSPS) is 36.2. The molecule has 1 aromatic rings. The highest BCUT2D eigenvalue weighted by atomic mass is 35.5. The van der Waals surface area contributed by atoms with Gasteiger partial charge in [-0.15, -0.1) is 0 Å². The lowest BCUT2D eigenvalue weighted by Crippen LogP contribution is -2.62. The summed E-state index contributed by atoms with van der Waals surface area (Å²) in [6.45, 7) is 16.5. The van der Waals surface area contributed by atoms with Crippen LogP contribution >= 0.6 is 11.6 Å². The number of hydrogen-bond acceptors (Lipinski definition) is 6. The number of Topliss-reactive ketones (excluding diaryl/α,β-unsaturated/α-hetero) is 1. The molecule has 1 aromatic carbocycles. The van der Waals surface area contributed by atoms with E-state index in [0.717, 1.165) is 56.1 Å². The minimum absolute atomic E-state index is 0.00383. The summed E-state index contributed by atoms with van der Waals surface area (Å²) in [6.07, 6.45) is 7.97. The van der Waals surface area contributed by atoms with E-state index in [-0.39, 0.29) is 58.8 Å². The van der Waals surface area contributed by atoms with E-state index in [4.69, 9.17) is 16.3 Å². The first-order valence-electron chi connectivity index (χ1n) is 18.9. The van der Waals surface area contributed by atoms with Crippen LogP contribution in [0, 0.1) is 51.8 Å². The maximum atomic E-state index is 14.6. The highest BCUT2D eigenvalue weighted by Crippen LogP contribution is 2.71. The van der Waals surface area contributed by atoms with Crippen molar-refractivity contribution < 1.29 is 23.9 Å². The number of anilines is 1. The van der Waals surface area contributed by atoms with Crippen molar-refractivity contribution in [1.82, 2.24) is 5.32 Å². The third kappa shape index (κ3) is 6.35. The van der Waals surface area contributed by atoms with Gasteiger partial charge in [0.1, 0.15) is 11.6 Å². The van der Waals surface area contributed by atoms with E-state index in [1.807, 2.05) is 0 Å². The lowest BCUT2D eigenvalue weighted by Gasteiger charge is -2.67. The van der Waals surface area contributed by atoms with Gasteiger partial charge in [-0.05, 0) is 154 Å². The van der Waals surface area contributed by atoms with Crippen LogP contribution in [0.2, 0.25) is 5.02 Å². The van der Waals surface area contributed by atoms with Crippen molar-refractivity contribution in [3.63, 3.8) is 0 Å². The number of carbonyl (C=O) groups excluding carboxylic acids is 4. The Bertz CT molecular complexity index is 1540. The smallest absolute Gasteiger partial charge is 0.302 e. The van der Waals surface area contributed by atoms with E-state index in [1.54, 1.807) is 38.1 Å². The van der Waals surface area contributed by atoms with Crippen LogP contribution in [0.4, 0.5) is 5.69 Å². The molecule has 8 nitrogen and oxygen atoms in total. The molecule has 0 saturated heterocycles. The van der Waals surface area contributed by atoms with Gasteiger partial charge in [0, 0.05) is 24.1 Å². The van der Waals surface area contributed by atoms with Crippen molar-refractivity contribution >= 4 is 40.9 Å². The van der Waals surface area contributed by atoms with Crippen molar-refractivity contribution in [2.75, 3.05) is 12.4 Å². The fourth-order valence-corrected chi connectivity index (χ4v) is 12.0. The fourth-order valence-electron chi connectivity index (χ4n) is 11.8. The van der Waals surface area contributed by atoms with Crippen molar-refractivity contribution in [2.24, 2.45) is 57.5 Å². The molecule has 5 aliphatic rings. The van der Waals surface area contributed by atoms with Crippen LogP contribution in [-0.4, -0.2) is 42.3 Å². The van der Waals surface area contributed by atoms with Gasteiger partial charge in [0.2, 0.25) is 11.8 Å². The fraction of sp³-hybridized carbons (Fsp3) is 0.707. The largest absolute Gasteiger partial charge is 0.462 e. The first-order chi connectivity index (χ1) is 23.4. The summed E-state index contributed by atoms with van der Waals surface area (Å²) in [7, 11) is 1.50. The summed E-state index contributed by atoms with van der Waals surface area (Å²) in [4.78, 5) is 53.9. The number of nitrogens with two attached hydrogens (primary N) is 1. The average Bonchev–Trinajstić information content (AvgIpc) is 3.37. The van der Waals surface area contributed by atoms with E-state index in [9.17, 15) is 19.2 Å². The number of fused-ring (bicyclic) bond motifs is 7. The number of rotatable bonds is 6. The molecular formula is C41H60ClN3O5. The molecule has 6 rings (SSSR count). The standard InChI is InChI=1S/C40H55ClN2O5.CH5N/c1-22(2)33-30(45)21-40(36(47)43-37(5,6)35(46)42-26-11-9-25(41)10-12-26)20-16-29-27(34(33)40)13-14-32-38(7)19-17-31(48-24(4)44)23(3)28(38)15-18-39(29,32)8;1-2/h9-12,22-23,27-29,31-32H,13-21H2,1-8H3,(H,42,46)(H,43,47);2H2,1H3. The number of allylic oxidation sites excluding steroid dienone is 1. The summed E-state index contributed by atoms with van der Waals surface area (Å²) in [5.41, 5.74) is 5.20. The topological polar surface area (TPSA) is 128 Å². The molecule has 9 heteroatoms. The Morgan fingerprint density at radius 1 is 0.940 bits per heavy atom. The highest BCUT2D eigenvalue weighted by molar-refractivity contribution is 6.30. The molecule has 9 unspecified atom stereocenters. The van der Waals surface area contributed by atoms with Gasteiger partial charge in [-0.2, -0.15) is 0 Å². The molecule has 4 fully saturated rings. The molecule has 5 aliphatic carbocycles. The van der Waals surface area contributed by atoms with Crippen LogP contribution in [0.3, 0.4) is 0 Å². The van der Waals surface area contributed by atoms with Gasteiger partial charge >= 0.3 is 5.97 Å². The molecule has 4 N–H and O–H groups in total. The maximum Gasteiger partial charge on any atom is 0.302 e. The van der Waals surface area contributed by atoms with Crippen molar-refractivity contribution in [3.05, 3.63) is 40.4 Å². The quantitative estimate of drug-likeness (QED) is 0.258. The summed E-state index contributed by atoms with van der Waals surface area (Å²) in [5.74, 6) is 1.38. The molecular weight excluding hydrogens is 650 g/mol. The Balaban J connectivity index is 0.00000239. The SMILES string of the molecule is CC(=O)OC1CCC2(C)C(CCC3(C)C4CCC5(C(=O)NC(C)(C)C(=O)Nc6ccc(Cl)cc6)CC(=O)C(C(C)C)=C5C4CCC32)C1C.CN. The van der Waals surface area contributed by atoms with Gasteiger partial charge in [0.05, 0.1) is 5.41 Å². The minimum Gasteiger partial charge on any atom is -0.462 e. The molecule has 0 aromatic heterocycles. The van der Waals surface area contributed by atoms with Gasteiger partial charge in [-0.1, -0.05) is 46.2 Å². The molecule has 4 saturated carbocycles. The highest BCUT2D eigenvalue weighted by Gasteiger charge is 2.66. The molecule has 0 radical (unpaired) electrons. The Hall–Kier alpha value is -2.71. The zero-order valence-electron chi connectivity index (χ0n) is 31.7. The number of esters is 1. The van der Waals surface area contributed by atoms with Crippen LogP contribution in [0.15, 0.2) is 35.4 Å². The second-order valence-corrected chi connectivity index (χ2v) is 17.7. The summed E-state index contributed by atoms with van der Waals surface area (Å²) in [6, 6.07) is 6.90. The van der Waals surface area contributed by atoms with E-state index in [1.165, 1.54) is 14.0 Å². The van der Waals surface area contributed by atoms with Gasteiger partial charge in [0.25, 0.3) is 0 Å². The Kier molecular flexibility index (Phi) is 10.8. The van der Waals surface area contributed by atoms with Crippen molar-refractivity contribution in [2.45, 2.75) is 125 Å². The molecule has 0 bridgehead atoms. The van der Waals surface area contributed by atoms with Crippen LogP contribution in [-0.2, 0) is 23.9 Å². The predicted octanol–water partition coefficient (Wildman–Crippen LogP) is 7.88. The first kappa shape index (κ1) is 38.5. The lowest BCUT2D eigenvalue weighted by molar-refractivity contribution is -0.189. The van der Waals surface area contributed by atoms with Crippen molar-refractivity contribution in [1.29, 1.82) is 0 Å². The zero-order valence-corrected chi connectivity index (χ0v) is 32.5. The third-order valence-corrected chi connectivity index (χ3v) is 14.2. The Morgan fingerprint density at radius 3 is 2.16 bits per heavy atom. The minimum atomic E-state index is -1.20. The molecule has 0 aliphatic heterocycles. The van der Waals surface area contributed by atoms with Crippen LogP contribution in [0.5, 0.6) is 0 Å². The molecule has 2 amide bonds. The average molecular weight is 710 g/mol. The number of ether oxygens (including phenoxy) is 1. The second-order valence-electron chi connectivity index (χ2n) is 17.3. The molecule has 276 valence electrons. The van der Waals surface area contributed by atoms with Gasteiger partial charge in [-0.25, -0.2) is 0 Å². The van der Waals surface area contributed by atoms with E-state index in [0.29, 0.717) is 40.8 Å². The number of halogens is 1. The predicted molar refractivity (Wildman–Crippen MR) is 198 cm³/mol. The van der Waals surface area contributed by atoms with E-state index < -0.39 is 11.0 Å². The summed E-state index contributed by atoms with van der Waals surface area (Å²) < 4.78 is 5.81. The summed E-state index contributed by atoms with van der Waals surface area (Å²) in [5, 5.41) is 6.62. The van der Waals surface area contributed by atoms with E-state index >= 15 is 0 Å². The lowest BCUT2D eigenvalue weighted by atomic mass is 9.38. The van der Waals surface area contributed by atoms with Crippen LogP contribution < -0.4 is 16.4 Å².